The maximum absolute atomic E-state index is 13.0. The lowest BCUT2D eigenvalue weighted by molar-refractivity contribution is -0.131. The lowest BCUT2D eigenvalue weighted by Gasteiger charge is -2.24. The highest BCUT2D eigenvalue weighted by atomic mass is 35.5. The van der Waals surface area contributed by atoms with Gasteiger partial charge in [0.2, 0.25) is 5.91 Å². The molecule has 0 aliphatic carbocycles. The van der Waals surface area contributed by atoms with Crippen molar-refractivity contribution in [1.82, 2.24) is 20.3 Å². The Hall–Kier alpha value is -2.31. The van der Waals surface area contributed by atoms with E-state index >= 15 is 0 Å². The number of benzene rings is 1. The molecule has 1 atom stereocenters. The van der Waals surface area contributed by atoms with E-state index in [1.165, 1.54) is 0 Å². The number of nitrogens with one attached hydrogen (secondary N) is 1. The first-order chi connectivity index (χ1) is 13.5. The van der Waals surface area contributed by atoms with E-state index in [4.69, 9.17) is 27.7 Å². The summed E-state index contributed by atoms with van der Waals surface area (Å²) in [5, 5.41) is 12.3. The average molecular weight is 419 g/mol. The van der Waals surface area contributed by atoms with E-state index in [1.807, 2.05) is 24.8 Å². The van der Waals surface area contributed by atoms with E-state index in [9.17, 15) is 4.79 Å². The molecule has 0 unspecified atom stereocenters. The number of likely N-dealkylation sites (tertiary alicyclic amines) is 1. The monoisotopic (exact) mass is 418 g/mol. The molecule has 1 saturated heterocycles. The van der Waals surface area contributed by atoms with Crippen molar-refractivity contribution >= 4 is 29.1 Å². The largest absolute Gasteiger partial charge is 0.356 e. The van der Waals surface area contributed by atoms with E-state index in [0.717, 1.165) is 40.9 Å². The van der Waals surface area contributed by atoms with Crippen molar-refractivity contribution in [3.8, 4) is 11.3 Å². The van der Waals surface area contributed by atoms with Gasteiger partial charge in [-0.15, -0.1) is 0 Å². The van der Waals surface area contributed by atoms with E-state index in [1.54, 1.807) is 18.3 Å². The van der Waals surface area contributed by atoms with Gasteiger partial charge < -0.3 is 9.42 Å². The van der Waals surface area contributed by atoms with Crippen LogP contribution >= 0.6 is 23.2 Å². The lowest BCUT2D eigenvalue weighted by Crippen LogP contribution is -2.32. The molecule has 1 aliphatic rings. The Morgan fingerprint density at radius 1 is 1.32 bits per heavy atom. The summed E-state index contributed by atoms with van der Waals surface area (Å²) in [6.45, 7) is 4.59. The van der Waals surface area contributed by atoms with Crippen LogP contribution in [0.5, 0.6) is 0 Å². The first kappa shape index (κ1) is 19.0. The van der Waals surface area contributed by atoms with Crippen molar-refractivity contribution < 1.29 is 9.32 Å². The second-order valence-electron chi connectivity index (χ2n) is 7.09. The molecule has 4 rings (SSSR count). The summed E-state index contributed by atoms with van der Waals surface area (Å²) in [4.78, 5) is 14.9. The van der Waals surface area contributed by atoms with Crippen LogP contribution in [0, 0.1) is 13.8 Å². The van der Waals surface area contributed by atoms with Crippen LogP contribution in [-0.2, 0) is 11.2 Å². The van der Waals surface area contributed by atoms with Gasteiger partial charge in [0.25, 0.3) is 0 Å². The summed E-state index contributed by atoms with van der Waals surface area (Å²) in [6, 6.07) is 5.22. The predicted molar refractivity (Wildman–Crippen MR) is 107 cm³/mol. The zero-order valence-electron chi connectivity index (χ0n) is 15.6. The topological polar surface area (TPSA) is 75.0 Å². The highest BCUT2D eigenvalue weighted by molar-refractivity contribution is 6.42. The molecule has 0 spiro atoms. The maximum Gasteiger partial charge on any atom is 0.227 e. The van der Waals surface area contributed by atoms with Gasteiger partial charge in [-0.2, -0.15) is 5.10 Å². The van der Waals surface area contributed by atoms with Gasteiger partial charge in [-0.25, -0.2) is 0 Å². The second-order valence-corrected chi connectivity index (χ2v) is 7.90. The van der Waals surface area contributed by atoms with Gasteiger partial charge in [0, 0.05) is 12.1 Å². The normalized spacial score (nSPS) is 16.7. The third-order valence-corrected chi connectivity index (χ3v) is 6.06. The SMILES string of the molecule is Cc1noc(-c2cn[nH]c2[C@@H]2CCCN2C(=O)Cc2ccc(Cl)c(Cl)c2)c1C. The number of carbonyl (C=O) groups excluding carboxylic acids is 1. The van der Waals surface area contributed by atoms with Crippen LogP contribution in [0.1, 0.15) is 41.4 Å². The van der Waals surface area contributed by atoms with Gasteiger partial charge >= 0.3 is 0 Å². The molecule has 3 heterocycles. The predicted octanol–water partition coefficient (Wildman–Crippen LogP) is 4.89. The van der Waals surface area contributed by atoms with Crippen LogP contribution < -0.4 is 0 Å². The molecule has 3 aromatic rings. The van der Waals surface area contributed by atoms with Crippen LogP contribution in [0.15, 0.2) is 28.9 Å². The number of aromatic amines is 1. The summed E-state index contributed by atoms with van der Waals surface area (Å²) in [7, 11) is 0. The number of rotatable bonds is 4. The van der Waals surface area contributed by atoms with Crippen molar-refractivity contribution in [2.75, 3.05) is 6.54 Å². The highest BCUT2D eigenvalue weighted by Gasteiger charge is 2.33. The molecule has 1 aromatic carbocycles. The van der Waals surface area contributed by atoms with Crippen molar-refractivity contribution in [1.29, 1.82) is 0 Å². The average Bonchev–Trinajstić information content (AvgIpc) is 3.39. The molecular weight excluding hydrogens is 399 g/mol. The summed E-state index contributed by atoms with van der Waals surface area (Å²) in [6.07, 6.45) is 3.82. The Labute approximate surface area is 172 Å². The Kier molecular flexibility index (Phi) is 5.17. The van der Waals surface area contributed by atoms with Crippen LogP contribution in [0.25, 0.3) is 11.3 Å². The Morgan fingerprint density at radius 3 is 2.86 bits per heavy atom. The standard InChI is InChI=1S/C20H20Cl2N4O2/c1-11-12(2)25-28-20(11)14-10-23-24-19(14)17-4-3-7-26(17)18(27)9-13-5-6-15(21)16(22)8-13/h5-6,8,10,17H,3-4,7,9H2,1-2H3,(H,23,24)/t17-/m0/s1. The molecule has 8 heteroatoms. The van der Waals surface area contributed by atoms with Crippen molar-refractivity contribution in [3.63, 3.8) is 0 Å². The summed E-state index contributed by atoms with van der Waals surface area (Å²) in [5.41, 5.74) is 4.42. The first-order valence-electron chi connectivity index (χ1n) is 9.15. The number of hydrogen-bond acceptors (Lipinski definition) is 4. The van der Waals surface area contributed by atoms with Crippen LogP contribution in [-0.4, -0.2) is 32.7 Å². The second kappa shape index (κ2) is 7.60. The quantitative estimate of drug-likeness (QED) is 0.653. The minimum absolute atomic E-state index is 0.0481. The Morgan fingerprint density at radius 2 is 2.14 bits per heavy atom. The molecule has 6 nitrogen and oxygen atoms in total. The molecule has 0 saturated carbocycles. The summed E-state index contributed by atoms with van der Waals surface area (Å²) < 4.78 is 5.51. The van der Waals surface area contributed by atoms with E-state index in [0.29, 0.717) is 22.4 Å². The van der Waals surface area contributed by atoms with Gasteiger partial charge in [-0.3, -0.25) is 9.89 Å². The molecule has 1 fully saturated rings. The van der Waals surface area contributed by atoms with Gasteiger partial charge in [0.15, 0.2) is 5.76 Å². The number of nitrogens with zero attached hydrogens (tertiary/aromatic N) is 3. The number of H-pyrrole nitrogens is 1. The fraction of sp³-hybridized carbons (Fsp3) is 0.350. The van der Waals surface area contributed by atoms with E-state index in [-0.39, 0.29) is 18.4 Å². The van der Waals surface area contributed by atoms with E-state index in [2.05, 4.69) is 15.4 Å². The van der Waals surface area contributed by atoms with Crippen LogP contribution in [0.4, 0.5) is 0 Å². The fourth-order valence-electron chi connectivity index (χ4n) is 3.69. The highest BCUT2D eigenvalue weighted by Crippen LogP contribution is 2.38. The van der Waals surface area contributed by atoms with Crippen molar-refractivity contribution in [2.24, 2.45) is 0 Å². The molecule has 146 valence electrons. The minimum atomic E-state index is -0.0717. The lowest BCUT2D eigenvalue weighted by atomic mass is 10.0. The molecule has 1 aliphatic heterocycles. The first-order valence-corrected chi connectivity index (χ1v) is 9.91. The zero-order chi connectivity index (χ0) is 19.8. The van der Waals surface area contributed by atoms with Gasteiger partial charge in [0.1, 0.15) is 0 Å². The number of hydrogen-bond donors (Lipinski definition) is 1. The third kappa shape index (κ3) is 3.42. The number of halogens is 2. The maximum atomic E-state index is 13.0. The van der Waals surface area contributed by atoms with Crippen molar-refractivity contribution in [3.05, 3.63) is 57.0 Å². The Bertz CT molecular complexity index is 1030. The van der Waals surface area contributed by atoms with Crippen LogP contribution in [0.2, 0.25) is 10.0 Å². The summed E-state index contributed by atoms with van der Waals surface area (Å²) >= 11 is 12.1. The molecule has 28 heavy (non-hydrogen) atoms. The van der Waals surface area contributed by atoms with Crippen molar-refractivity contribution in [2.45, 2.75) is 39.2 Å². The minimum Gasteiger partial charge on any atom is -0.356 e. The number of aryl methyl sites for hydroxylation is 1. The number of aromatic nitrogens is 3. The molecule has 0 bridgehead atoms. The zero-order valence-corrected chi connectivity index (χ0v) is 17.1. The summed E-state index contributed by atoms with van der Waals surface area (Å²) in [5.74, 6) is 0.747. The molecule has 0 radical (unpaired) electrons. The van der Waals surface area contributed by atoms with E-state index < -0.39 is 0 Å². The molecule has 1 amide bonds. The fourth-order valence-corrected chi connectivity index (χ4v) is 4.01. The number of amides is 1. The van der Waals surface area contributed by atoms with Crippen LogP contribution in [0.3, 0.4) is 0 Å². The Balaban J connectivity index is 1.59. The van der Waals surface area contributed by atoms with Gasteiger partial charge in [-0.05, 0) is 44.4 Å². The molecule has 2 aromatic heterocycles. The third-order valence-electron chi connectivity index (χ3n) is 5.32. The number of carbonyl (C=O) groups is 1. The van der Waals surface area contributed by atoms with Gasteiger partial charge in [0.05, 0.1) is 45.7 Å². The molecular formula is C20H20Cl2N4O2. The molecule has 1 N–H and O–H groups in total. The smallest absolute Gasteiger partial charge is 0.227 e. The van der Waals surface area contributed by atoms with Gasteiger partial charge in [-0.1, -0.05) is 34.4 Å².